The first-order chi connectivity index (χ1) is 11.1. The number of rotatable bonds is 1. The Balaban J connectivity index is 2.16. The average Bonchev–Trinajstić information content (AvgIpc) is 2.44. The van der Waals surface area contributed by atoms with Crippen LogP contribution in [0.3, 0.4) is 0 Å². The van der Waals surface area contributed by atoms with Crippen molar-refractivity contribution in [2.75, 3.05) is 0 Å². The van der Waals surface area contributed by atoms with Gasteiger partial charge in [-0.3, -0.25) is 9.59 Å². The largest absolute Gasteiger partial charge is 0.458 e. The molecule has 1 N–H and O–H groups in total. The Labute approximate surface area is 136 Å². The molecule has 128 valence electrons. The van der Waals surface area contributed by atoms with Gasteiger partial charge in [-0.2, -0.15) is 13.2 Å². The van der Waals surface area contributed by atoms with Gasteiger partial charge in [0.1, 0.15) is 11.3 Å². The molecule has 0 spiro atoms. The van der Waals surface area contributed by atoms with E-state index in [4.69, 9.17) is 4.74 Å². The van der Waals surface area contributed by atoms with E-state index in [0.29, 0.717) is 0 Å². The van der Waals surface area contributed by atoms with Gasteiger partial charge in [0, 0.05) is 18.4 Å². The van der Waals surface area contributed by atoms with E-state index < -0.39 is 29.0 Å². The summed E-state index contributed by atoms with van der Waals surface area (Å²) >= 11 is 0. The van der Waals surface area contributed by atoms with E-state index in [1.54, 1.807) is 19.9 Å². The molecule has 1 aromatic rings. The second-order valence-electron chi connectivity index (χ2n) is 6.84. The second kappa shape index (κ2) is 5.09. The topological polar surface area (TPSA) is 55.4 Å². The number of benzene rings is 1. The number of hydrogen-bond donors (Lipinski definition) is 1. The molecule has 1 amide bonds. The van der Waals surface area contributed by atoms with Crippen LogP contribution >= 0.6 is 0 Å². The summed E-state index contributed by atoms with van der Waals surface area (Å²) in [6.45, 7) is 3.50. The van der Waals surface area contributed by atoms with Gasteiger partial charge >= 0.3 is 11.9 Å². The number of carbonyl (C=O) groups excluding carboxylic acids is 2. The SMILES string of the molecule is CC1(C)CC(=O)C2=C(C1)OC(c1ccccc1)(C(F)(F)F)NC2=O. The third-order valence-corrected chi connectivity index (χ3v) is 4.21. The number of hydrogen-bond acceptors (Lipinski definition) is 3. The normalized spacial score (nSPS) is 26.5. The zero-order valence-corrected chi connectivity index (χ0v) is 13.2. The predicted molar refractivity (Wildman–Crippen MR) is 78.5 cm³/mol. The first-order valence-corrected chi connectivity index (χ1v) is 7.46. The molecule has 1 unspecified atom stereocenters. The van der Waals surface area contributed by atoms with Gasteiger partial charge in [0.25, 0.3) is 5.91 Å². The van der Waals surface area contributed by atoms with Crippen LogP contribution in [0.15, 0.2) is 41.7 Å². The Morgan fingerprint density at radius 2 is 1.71 bits per heavy atom. The number of amides is 1. The molecule has 0 aromatic heterocycles. The molecule has 7 heteroatoms. The Kier molecular flexibility index (Phi) is 3.51. The van der Waals surface area contributed by atoms with Gasteiger partial charge in [-0.15, -0.1) is 0 Å². The first kappa shape index (κ1) is 16.5. The van der Waals surface area contributed by atoms with Crippen molar-refractivity contribution in [2.45, 2.75) is 38.6 Å². The van der Waals surface area contributed by atoms with Crippen LogP contribution in [0, 0.1) is 5.41 Å². The van der Waals surface area contributed by atoms with Crippen LogP contribution in [-0.2, 0) is 20.1 Å². The van der Waals surface area contributed by atoms with Crippen LogP contribution in [0.1, 0.15) is 32.3 Å². The highest BCUT2D eigenvalue weighted by Gasteiger charge is 2.63. The van der Waals surface area contributed by atoms with Crippen molar-refractivity contribution >= 4 is 11.7 Å². The molecular formula is C17H16F3NO3. The summed E-state index contributed by atoms with van der Waals surface area (Å²) in [6.07, 6.45) is -4.72. The molecule has 1 heterocycles. The third kappa shape index (κ3) is 2.48. The molecule has 1 aliphatic carbocycles. The Morgan fingerprint density at radius 1 is 1.08 bits per heavy atom. The predicted octanol–water partition coefficient (Wildman–Crippen LogP) is 3.19. The number of ether oxygens (including phenoxy) is 1. The van der Waals surface area contributed by atoms with Crippen molar-refractivity contribution in [1.82, 2.24) is 5.32 Å². The molecule has 1 aromatic carbocycles. The maximum atomic E-state index is 13.9. The van der Waals surface area contributed by atoms with Crippen LogP contribution < -0.4 is 5.32 Å². The number of ketones is 1. The summed E-state index contributed by atoms with van der Waals surface area (Å²) in [5.41, 5.74) is -4.10. The lowest BCUT2D eigenvalue weighted by Crippen LogP contribution is -2.61. The molecule has 0 saturated carbocycles. The molecule has 24 heavy (non-hydrogen) atoms. The lowest BCUT2D eigenvalue weighted by molar-refractivity contribution is -0.288. The van der Waals surface area contributed by atoms with E-state index in [2.05, 4.69) is 0 Å². The molecule has 2 aliphatic rings. The minimum Gasteiger partial charge on any atom is -0.458 e. The van der Waals surface area contributed by atoms with E-state index in [1.165, 1.54) is 24.3 Å². The monoisotopic (exact) mass is 339 g/mol. The van der Waals surface area contributed by atoms with Gasteiger partial charge in [-0.25, -0.2) is 0 Å². The number of halogens is 3. The van der Waals surface area contributed by atoms with Gasteiger partial charge < -0.3 is 10.1 Å². The van der Waals surface area contributed by atoms with Crippen molar-refractivity contribution in [3.05, 3.63) is 47.2 Å². The quantitative estimate of drug-likeness (QED) is 0.800. The minimum atomic E-state index is -4.90. The maximum absolute atomic E-state index is 13.9. The van der Waals surface area contributed by atoms with Crippen LogP contribution in [0.25, 0.3) is 0 Å². The van der Waals surface area contributed by atoms with E-state index in [-0.39, 0.29) is 29.7 Å². The average molecular weight is 339 g/mol. The summed E-state index contributed by atoms with van der Waals surface area (Å²) in [5, 5.41) is 1.88. The zero-order chi connectivity index (χ0) is 17.8. The lowest BCUT2D eigenvalue weighted by Gasteiger charge is -2.44. The standard InChI is InChI=1S/C17H16F3NO3/c1-15(2)8-11(22)13-12(9-15)24-16(17(18,19)20,21-14(13)23)10-6-4-3-5-7-10/h3-7H,8-9H2,1-2H3,(H,21,23). The maximum Gasteiger partial charge on any atom is 0.453 e. The number of Topliss-reactive ketones (excluding diaryl/α,β-unsaturated/α-hetero) is 1. The summed E-state index contributed by atoms with van der Waals surface area (Å²) < 4.78 is 46.9. The van der Waals surface area contributed by atoms with E-state index >= 15 is 0 Å². The number of nitrogens with one attached hydrogen (secondary N) is 1. The zero-order valence-electron chi connectivity index (χ0n) is 13.2. The summed E-state index contributed by atoms with van der Waals surface area (Å²) in [6, 6.07) is 6.89. The molecule has 3 rings (SSSR count). The molecule has 0 bridgehead atoms. The Hall–Kier alpha value is -2.31. The number of allylic oxidation sites excluding steroid dienone is 1. The fourth-order valence-electron chi connectivity index (χ4n) is 3.13. The van der Waals surface area contributed by atoms with Crippen molar-refractivity contribution in [3.63, 3.8) is 0 Å². The number of carbonyl (C=O) groups is 2. The molecule has 4 nitrogen and oxygen atoms in total. The highest BCUT2D eigenvalue weighted by Crippen LogP contribution is 2.48. The van der Waals surface area contributed by atoms with Gasteiger partial charge in [-0.05, 0) is 5.41 Å². The summed E-state index contributed by atoms with van der Waals surface area (Å²) in [7, 11) is 0. The fourth-order valence-corrected chi connectivity index (χ4v) is 3.13. The molecule has 1 aliphatic heterocycles. The number of alkyl halides is 3. The molecule has 0 radical (unpaired) electrons. The van der Waals surface area contributed by atoms with Crippen molar-refractivity contribution in [2.24, 2.45) is 5.41 Å². The summed E-state index contributed by atoms with van der Waals surface area (Å²) in [4.78, 5) is 24.5. The van der Waals surface area contributed by atoms with Gasteiger partial charge in [0.2, 0.25) is 0 Å². The molecule has 1 atom stereocenters. The lowest BCUT2D eigenvalue weighted by atomic mass is 9.75. The van der Waals surface area contributed by atoms with Crippen LogP contribution in [-0.4, -0.2) is 17.9 Å². The third-order valence-electron chi connectivity index (χ3n) is 4.21. The smallest absolute Gasteiger partial charge is 0.453 e. The highest BCUT2D eigenvalue weighted by molar-refractivity contribution is 6.20. The van der Waals surface area contributed by atoms with Crippen molar-refractivity contribution < 1.29 is 27.5 Å². The van der Waals surface area contributed by atoms with Gasteiger partial charge in [-0.1, -0.05) is 44.2 Å². The van der Waals surface area contributed by atoms with E-state index in [0.717, 1.165) is 0 Å². The van der Waals surface area contributed by atoms with Crippen molar-refractivity contribution in [1.29, 1.82) is 0 Å². The van der Waals surface area contributed by atoms with E-state index in [9.17, 15) is 22.8 Å². The first-order valence-electron chi connectivity index (χ1n) is 7.46. The second-order valence-corrected chi connectivity index (χ2v) is 6.84. The van der Waals surface area contributed by atoms with Crippen molar-refractivity contribution in [3.8, 4) is 0 Å². The molecule has 0 fully saturated rings. The molecular weight excluding hydrogens is 323 g/mol. The van der Waals surface area contributed by atoms with Crippen LogP contribution in [0.5, 0.6) is 0 Å². The fraction of sp³-hybridized carbons (Fsp3) is 0.412. The van der Waals surface area contributed by atoms with Crippen LogP contribution in [0.4, 0.5) is 13.2 Å². The minimum absolute atomic E-state index is 0.0894. The van der Waals surface area contributed by atoms with Crippen LogP contribution in [0.2, 0.25) is 0 Å². The van der Waals surface area contributed by atoms with Gasteiger partial charge in [0.05, 0.1) is 0 Å². The Morgan fingerprint density at radius 3 is 2.29 bits per heavy atom. The molecule has 0 saturated heterocycles. The van der Waals surface area contributed by atoms with E-state index in [1.807, 2.05) is 5.32 Å². The summed E-state index contributed by atoms with van der Waals surface area (Å²) in [5.74, 6) is -1.73. The highest BCUT2D eigenvalue weighted by atomic mass is 19.4. The Bertz CT molecular complexity index is 737. The van der Waals surface area contributed by atoms with Gasteiger partial charge in [0.15, 0.2) is 5.78 Å².